The zero-order valence-electron chi connectivity index (χ0n) is 9.77. The highest BCUT2D eigenvalue weighted by Gasteiger charge is 2.15. The lowest BCUT2D eigenvalue weighted by Crippen LogP contribution is -1.97. The number of carbonyl (C=O) groups excluding carboxylic acids is 1. The lowest BCUT2D eigenvalue weighted by Gasteiger charge is -1.95. The predicted molar refractivity (Wildman–Crippen MR) is 68.3 cm³/mol. The van der Waals surface area contributed by atoms with Crippen LogP contribution in [0.3, 0.4) is 0 Å². The van der Waals surface area contributed by atoms with Crippen molar-refractivity contribution in [2.45, 2.75) is 13.5 Å². The Balaban J connectivity index is 2.44. The van der Waals surface area contributed by atoms with Gasteiger partial charge in [-0.1, -0.05) is 30.3 Å². The van der Waals surface area contributed by atoms with Crippen LogP contribution in [0.2, 0.25) is 0 Å². The monoisotopic (exact) mass is 247 g/mol. The van der Waals surface area contributed by atoms with Gasteiger partial charge in [0.25, 0.3) is 0 Å². The molecule has 0 unspecified atom stereocenters. The first-order valence-electron chi connectivity index (χ1n) is 5.27. The fourth-order valence-electron chi connectivity index (χ4n) is 1.57. The van der Waals surface area contributed by atoms with Gasteiger partial charge in [0, 0.05) is 19.6 Å². The number of rotatable bonds is 4. The first-order chi connectivity index (χ1) is 8.22. The Morgan fingerprint density at radius 1 is 1.35 bits per heavy atom. The number of thiazole rings is 1. The van der Waals surface area contributed by atoms with Gasteiger partial charge in [0.2, 0.25) is 0 Å². The molecular formula is C13H13NO2S. The number of aromatic nitrogens is 1. The van der Waals surface area contributed by atoms with Crippen LogP contribution in [0.1, 0.15) is 22.3 Å². The summed E-state index contributed by atoms with van der Waals surface area (Å²) in [5, 5.41) is 0.864. The van der Waals surface area contributed by atoms with Gasteiger partial charge in [0.1, 0.15) is 5.01 Å². The van der Waals surface area contributed by atoms with E-state index in [0.29, 0.717) is 11.5 Å². The third-order valence-corrected chi connectivity index (χ3v) is 3.57. The normalized spacial score (nSPS) is 10.5. The summed E-state index contributed by atoms with van der Waals surface area (Å²) in [6, 6.07) is 9.85. The predicted octanol–water partition coefficient (Wildman–Crippen LogP) is 3.16. The van der Waals surface area contributed by atoms with Crippen molar-refractivity contribution in [2.24, 2.45) is 0 Å². The number of nitrogens with zero attached hydrogens (tertiary/aromatic N) is 1. The molecule has 1 aromatic carbocycles. The number of carbonyl (C=O) groups is 1. The van der Waals surface area contributed by atoms with E-state index in [1.807, 2.05) is 30.3 Å². The molecule has 1 heterocycles. The van der Waals surface area contributed by atoms with Crippen molar-refractivity contribution in [2.75, 3.05) is 7.11 Å². The van der Waals surface area contributed by atoms with Crippen LogP contribution >= 0.6 is 11.3 Å². The van der Waals surface area contributed by atoms with Crippen molar-refractivity contribution in [3.8, 4) is 10.6 Å². The zero-order chi connectivity index (χ0) is 12.3. The molecule has 4 heteroatoms. The molecule has 17 heavy (non-hydrogen) atoms. The Bertz CT molecular complexity index is 519. The Morgan fingerprint density at radius 3 is 2.65 bits per heavy atom. The summed E-state index contributed by atoms with van der Waals surface area (Å²) in [5.74, 6) is 0.0386. The Hall–Kier alpha value is -1.52. The minimum atomic E-state index is 0.0386. The Labute approximate surface area is 104 Å². The minimum Gasteiger partial charge on any atom is -0.378 e. The number of hydrogen-bond donors (Lipinski definition) is 0. The molecule has 3 nitrogen and oxygen atoms in total. The molecule has 2 aromatic rings. The van der Waals surface area contributed by atoms with Gasteiger partial charge in [-0.3, -0.25) is 4.79 Å². The molecule has 0 aliphatic rings. The number of hydrogen-bond acceptors (Lipinski definition) is 4. The molecule has 2 rings (SSSR count). The van der Waals surface area contributed by atoms with Crippen molar-refractivity contribution < 1.29 is 9.53 Å². The highest BCUT2D eigenvalue weighted by molar-refractivity contribution is 7.17. The molecule has 0 amide bonds. The summed E-state index contributed by atoms with van der Waals surface area (Å²) in [6.45, 7) is 1.93. The molecule has 0 spiro atoms. The van der Waals surface area contributed by atoms with Gasteiger partial charge in [-0.05, 0) is 0 Å². The highest BCUT2D eigenvalue weighted by atomic mass is 32.1. The summed E-state index contributed by atoms with van der Waals surface area (Å²) in [6.07, 6.45) is 0. The number of benzene rings is 1. The van der Waals surface area contributed by atoms with Crippen LogP contribution in [0.5, 0.6) is 0 Å². The number of methoxy groups -OCH3 is 1. The second kappa shape index (κ2) is 5.21. The van der Waals surface area contributed by atoms with Crippen molar-refractivity contribution in [1.82, 2.24) is 4.98 Å². The van der Waals surface area contributed by atoms with Crippen LogP contribution in [-0.4, -0.2) is 17.9 Å². The quantitative estimate of drug-likeness (QED) is 0.779. The molecule has 0 fully saturated rings. The van der Waals surface area contributed by atoms with Gasteiger partial charge in [-0.15, -0.1) is 11.3 Å². The van der Waals surface area contributed by atoms with Crippen LogP contribution in [0.25, 0.3) is 10.6 Å². The van der Waals surface area contributed by atoms with Crippen LogP contribution in [0.4, 0.5) is 0 Å². The number of Topliss-reactive ketones (excluding diaryl/α,β-unsaturated/α-hetero) is 1. The van der Waals surface area contributed by atoms with E-state index in [-0.39, 0.29) is 5.78 Å². The average molecular weight is 247 g/mol. The van der Waals surface area contributed by atoms with Gasteiger partial charge < -0.3 is 4.74 Å². The number of ether oxygens (including phenoxy) is 1. The maximum Gasteiger partial charge on any atom is 0.171 e. The minimum absolute atomic E-state index is 0.0386. The van der Waals surface area contributed by atoms with Crippen molar-refractivity contribution in [3.63, 3.8) is 0 Å². The second-order valence-corrected chi connectivity index (χ2v) is 4.65. The van der Waals surface area contributed by atoms with E-state index in [1.54, 1.807) is 14.0 Å². The lowest BCUT2D eigenvalue weighted by molar-refractivity contribution is 0.101. The Morgan fingerprint density at radius 2 is 2.06 bits per heavy atom. The topological polar surface area (TPSA) is 39.2 Å². The van der Waals surface area contributed by atoms with E-state index >= 15 is 0 Å². The molecule has 0 atom stereocenters. The molecule has 0 radical (unpaired) electrons. The molecule has 0 aliphatic heterocycles. The summed E-state index contributed by atoms with van der Waals surface area (Å²) < 4.78 is 5.06. The van der Waals surface area contributed by atoms with E-state index in [2.05, 4.69) is 4.98 Å². The zero-order valence-corrected chi connectivity index (χ0v) is 10.6. The highest BCUT2D eigenvalue weighted by Crippen LogP contribution is 2.28. The van der Waals surface area contributed by atoms with Crippen LogP contribution in [0, 0.1) is 0 Å². The van der Waals surface area contributed by atoms with Gasteiger partial charge in [0.15, 0.2) is 5.78 Å². The van der Waals surface area contributed by atoms with Crippen molar-refractivity contribution in [3.05, 3.63) is 40.9 Å². The lowest BCUT2D eigenvalue weighted by atomic mass is 10.2. The average Bonchev–Trinajstić information content (AvgIpc) is 2.75. The number of ketones is 1. The van der Waals surface area contributed by atoms with Gasteiger partial charge in [-0.2, -0.15) is 0 Å². The largest absolute Gasteiger partial charge is 0.378 e. The van der Waals surface area contributed by atoms with E-state index in [9.17, 15) is 4.79 Å². The summed E-state index contributed by atoms with van der Waals surface area (Å²) >= 11 is 1.42. The van der Waals surface area contributed by atoms with Gasteiger partial charge >= 0.3 is 0 Å². The summed E-state index contributed by atoms with van der Waals surface area (Å²) in [7, 11) is 1.60. The molecule has 0 N–H and O–H groups in total. The van der Waals surface area contributed by atoms with E-state index in [1.165, 1.54) is 11.3 Å². The van der Waals surface area contributed by atoms with E-state index in [0.717, 1.165) is 16.3 Å². The molecular weight excluding hydrogens is 234 g/mol. The van der Waals surface area contributed by atoms with Crippen molar-refractivity contribution >= 4 is 17.1 Å². The molecule has 0 saturated carbocycles. The molecule has 88 valence electrons. The van der Waals surface area contributed by atoms with Crippen LogP contribution in [0.15, 0.2) is 30.3 Å². The van der Waals surface area contributed by atoms with Gasteiger partial charge in [-0.25, -0.2) is 4.98 Å². The van der Waals surface area contributed by atoms with E-state index < -0.39 is 0 Å². The molecule has 0 saturated heterocycles. The SMILES string of the molecule is COCc1nc(-c2ccccc2)sc1C(C)=O. The summed E-state index contributed by atoms with van der Waals surface area (Å²) in [4.78, 5) is 16.7. The first kappa shape index (κ1) is 12.0. The first-order valence-corrected chi connectivity index (χ1v) is 6.09. The Kier molecular flexibility index (Phi) is 3.66. The summed E-state index contributed by atoms with van der Waals surface area (Å²) in [5.41, 5.74) is 1.76. The fraction of sp³-hybridized carbons (Fsp3) is 0.231. The maximum absolute atomic E-state index is 11.5. The third-order valence-electron chi connectivity index (χ3n) is 2.32. The standard InChI is InChI=1S/C13H13NO2S/c1-9(15)12-11(8-16-2)14-13(17-12)10-6-4-3-5-7-10/h3-7H,8H2,1-2H3. The van der Waals surface area contributed by atoms with Crippen LogP contribution in [-0.2, 0) is 11.3 Å². The third kappa shape index (κ3) is 2.60. The van der Waals surface area contributed by atoms with Crippen molar-refractivity contribution in [1.29, 1.82) is 0 Å². The van der Waals surface area contributed by atoms with Gasteiger partial charge in [0.05, 0.1) is 17.2 Å². The maximum atomic E-state index is 11.5. The molecule has 0 aliphatic carbocycles. The molecule has 1 aromatic heterocycles. The molecule has 0 bridgehead atoms. The smallest absolute Gasteiger partial charge is 0.171 e. The second-order valence-electron chi connectivity index (χ2n) is 3.65. The fourth-order valence-corrected chi connectivity index (χ4v) is 2.53. The van der Waals surface area contributed by atoms with Crippen LogP contribution < -0.4 is 0 Å². The van der Waals surface area contributed by atoms with E-state index in [4.69, 9.17) is 4.74 Å².